The predicted octanol–water partition coefficient (Wildman–Crippen LogP) is 2.98. The lowest BCUT2D eigenvalue weighted by atomic mass is 9.97. The minimum absolute atomic E-state index is 0.144. The average molecular weight is 413 g/mol. The maximum Gasteiger partial charge on any atom is 0.250 e. The second kappa shape index (κ2) is 9.23. The van der Waals surface area contributed by atoms with E-state index in [2.05, 4.69) is 16.0 Å². The molecule has 0 saturated carbocycles. The Labute approximate surface area is 172 Å². The van der Waals surface area contributed by atoms with Crippen LogP contribution in [-0.2, 0) is 4.79 Å². The van der Waals surface area contributed by atoms with Gasteiger partial charge < -0.3 is 10.6 Å². The Morgan fingerprint density at radius 2 is 2.00 bits per heavy atom. The highest BCUT2D eigenvalue weighted by atomic mass is 35.5. The lowest BCUT2D eigenvalue weighted by molar-refractivity contribution is -0.127. The van der Waals surface area contributed by atoms with Crippen LogP contribution in [0.15, 0.2) is 34.3 Å². The molecule has 0 saturated heterocycles. The molecule has 1 aromatic heterocycles. The summed E-state index contributed by atoms with van der Waals surface area (Å²) in [6.45, 7) is 0. The standard InChI is InChI=1S/C19H17ClN6OS/c1-24-10-14-16(11-4-6-12(20)7-5-11)13(8-21)18(25-17(14)23)28-15(9-22)19(27)26(2)3/h4-7,10,15H,1-3H3,(H2,23,25). The van der Waals surface area contributed by atoms with E-state index in [9.17, 15) is 15.3 Å². The van der Waals surface area contributed by atoms with Crippen LogP contribution >= 0.6 is 23.4 Å². The first-order valence-electron chi connectivity index (χ1n) is 8.03. The number of amides is 1. The molecule has 1 heterocycles. The number of nitriles is 2. The van der Waals surface area contributed by atoms with Gasteiger partial charge in [0.2, 0.25) is 5.91 Å². The van der Waals surface area contributed by atoms with Crippen LogP contribution in [0.5, 0.6) is 0 Å². The van der Waals surface area contributed by atoms with Gasteiger partial charge in [-0.25, -0.2) is 4.98 Å². The second-order valence-corrected chi connectivity index (χ2v) is 7.36. The molecule has 0 aliphatic carbocycles. The number of hydrogen-bond donors (Lipinski definition) is 1. The van der Waals surface area contributed by atoms with Crippen molar-refractivity contribution in [3.63, 3.8) is 0 Å². The van der Waals surface area contributed by atoms with Gasteiger partial charge in [0.1, 0.15) is 16.9 Å². The first kappa shape index (κ1) is 21.2. The fraction of sp³-hybridized carbons (Fsp3) is 0.211. The first-order chi connectivity index (χ1) is 13.3. The van der Waals surface area contributed by atoms with Crippen molar-refractivity contribution in [2.45, 2.75) is 10.3 Å². The van der Waals surface area contributed by atoms with Gasteiger partial charge in [-0.2, -0.15) is 10.5 Å². The highest BCUT2D eigenvalue weighted by Gasteiger charge is 2.26. The Hall–Kier alpha value is -3.07. The van der Waals surface area contributed by atoms with Gasteiger partial charge in [0.05, 0.1) is 11.6 Å². The summed E-state index contributed by atoms with van der Waals surface area (Å²) >= 11 is 6.87. The van der Waals surface area contributed by atoms with Crippen LogP contribution in [0.2, 0.25) is 5.02 Å². The smallest absolute Gasteiger partial charge is 0.250 e. The van der Waals surface area contributed by atoms with E-state index in [1.807, 2.05) is 6.07 Å². The minimum atomic E-state index is -1.06. The van der Waals surface area contributed by atoms with E-state index in [4.69, 9.17) is 17.3 Å². The van der Waals surface area contributed by atoms with Crippen molar-refractivity contribution in [1.29, 1.82) is 10.5 Å². The third-order valence-corrected chi connectivity index (χ3v) is 5.06. The first-order valence-corrected chi connectivity index (χ1v) is 9.28. The number of carbonyl (C=O) groups excluding carboxylic acids is 1. The highest BCUT2D eigenvalue weighted by molar-refractivity contribution is 8.00. The summed E-state index contributed by atoms with van der Waals surface area (Å²) in [5.41, 5.74) is 8.03. The highest BCUT2D eigenvalue weighted by Crippen LogP contribution is 2.37. The van der Waals surface area contributed by atoms with E-state index in [1.165, 1.54) is 11.1 Å². The van der Waals surface area contributed by atoms with Gasteiger partial charge in [0, 0.05) is 43.5 Å². The molecule has 142 valence electrons. The molecule has 28 heavy (non-hydrogen) atoms. The van der Waals surface area contributed by atoms with E-state index in [0.29, 0.717) is 21.7 Å². The number of aromatic nitrogens is 1. The fourth-order valence-corrected chi connectivity index (χ4v) is 3.57. The predicted molar refractivity (Wildman–Crippen MR) is 111 cm³/mol. The van der Waals surface area contributed by atoms with E-state index in [0.717, 1.165) is 11.8 Å². The molecule has 0 fully saturated rings. The maximum absolute atomic E-state index is 12.2. The Bertz CT molecular complexity index is 1010. The molecular weight excluding hydrogens is 396 g/mol. The SMILES string of the molecule is CN=Cc1c(N)nc(SC(C#N)C(=O)N(C)C)c(C#N)c1-c1ccc(Cl)cc1. The molecule has 9 heteroatoms. The number of halogens is 1. The van der Waals surface area contributed by atoms with E-state index < -0.39 is 11.2 Å². The number of benzene rings is 1. The second-order valence-electron chi connectivity index (χ2n) is 5.83. The number of thioether (sulfide) groups is 1. The summed E-state index contributed by atoms with van der Waals surface area (Å²) in [5.74, 6) is -0.255. The number of aliphatic imine (C=N–C) groups is 1. The molecule has 2 N–H and O–H groups in total. The molecule has 7 nitrogen and oxygen atoms in total. The molecule has 0 spiro atoms. The van der Waals surface area contributed by atoms with Gasteiger partial charge in [-0.1, -0.05) is 35.5 Å². The van der Waals surface area contributed by atoms with Crippen molar-refractivity contribution in [2.24, 2.45) is 4.99 Å². The molecule has 0 aliphatic heterocycles. The van der Waals surface area contributed by atoms with E-state index in [1.54, 1.807) is 45.4 Å². The summed E-state index contributed by atoms with van der Waals surface area (Å²) < 4.78 is 0. The van der Waals surface area contributed by atoms with Crippen LogP contribution in [0, 0.1) is 22.7 Å². The Morgan fingerprint density at radius 3 is 2.50 bits per heavy atom. The summed E-state index contributed by atoms with van der Waals surface area (Å²) in [7, 11) is 4.70. The number of nitrogens with zero attached hydrogens (tertiary/aromatic N) is 5. The third kappa shape index (κ3) is 4.42. The van der Waals surface area contributed by atoms with Crippen LogP contribution in [-0.4, -0.2) is 48.4 Å². The maximum atomic E-state index is 12.2. The van der Waals surface area contributed by atoms with Gasteiger partial charge in [-0.3, -0.25) is 9.79 Å². The van der Waals surface area contributed by atoms with Crippen LogP contribution in [0.25, 0.3) is 11.1 Å². The summed E-state index contributed by atoms with van der Waals surface area (Å²) in [6.07, 6.45) is 1.52. The van der Waals surface area contributed by atoms with Gasteiger partial charge >= 0.3 is 0 Å². The zero-order valence-corrected chi connectivity index (χ0v) is 17.0. The van der Waals surface area contributed by atoms with Crippen LogP contribution < -0.4 is 5.73 Å². The van der Waals surface area contributed by atoms with Crippen LogP contribution in [0.3, 0.4) is 0 Å². The number of hydrogen-bond acceptors (Lipinski definition) is 7. The van der Waals surface area contributed by atoms with Gasteiger partial charge in [-0.15, -0.1) is 0 Å². The number of pyridine rings is 1. The molecule has 0 aliphatic rings. The molecular formula is C19H17ClN6OS. The van der Waals surface area contributed by atoms with Gasteiger partial charge in [0.25, 0.3) is 0 Å². The van der Waals surface area contributed by atoms with E-state index in [-0.39, 0.29) is 16.4 Å². The molecule has 1 aromatic carbocycles. The quantitative estimate of drug-likeness (QED) is 0.595. The van der Waals surface area contributed by atoms with Crippen LogP contribution in [0.1, 0.15) is 11.1 Å². The number of anilines is 1. The number of nitrogens with two attached hydrogens (primary N) is 1. The lowest BCUT2D eigenvalue weighted by Gasteiger charge is -2.17. The summed E-state index contributed by atoms with van der Waals surface area (Å²) in [4.78, 5) is 21.8. The molecule has 0 bridgehead atoms. The zero-order valence-electron chi connectivity index (χ0n) is 15.5. The van der Waals surface area contributed by atoms with E-state index >= 15 is 0 Å². The number of rotatable bonds is 5. The minimum Gasteiger partial charge on any atom is -0.383 e. The Kier molecular flexibility index (Phi) is 7.00. The molecule has 2 aromatic rings. The number of carbonyl (C=O) groups is 1. The van der Waals surface area contributed by atoms with Gasteiger partial charge in [0.15, 0.2) is 5.25 Å². The monoisotopic (exact) mass is 412 g/mol. The molecule has 2 rings (SSSR count). The zero-order chi connectivity index (χ0) is 20.8. The molecule has 0 radical (unpaired) electrons. The van der Waals surface area contributed by atoms with Crippen LogP contribution in [0.4, 0.5) is 5.82 Å². The Balaban J connectivity index is 2.73. The number of nitrogen functional groups attached to an aromatic ring is 1. The molecule has 1 unspecified atom stereocenters. The lowest BCUT2D eigenvalue weighted by Crippen LogP contribution is -2.30. The molecule has 1 amide bonds. The third-order valence-electron chi connectivity index (χ3n) is 3.75. The van der Waals surface area contributed by atoms with Crippen molar-refractivity contribution < 1.29 is 4.79 Å². The summed E-state index contributed by atoms with van der Waals surface area (Å²) in [6, 6.07) is 11.0. The van der Waals surface area contributed by atoms with Crippen molar-refractivity contribution in [1.82, 2.24) is 9.88 Å². The van der Waals surface area contributed by atoms with Crippen molar-refractivity contribution in [3.8, 4) is 23.3 Å². The normalized spacial score (nSPS) is 11.6. The topological polar surface area (TPSA) is 119 Å². The largest absolute Gasteiger partial charge is 0.383 e. The van der Waals surface area contributed by atoms with Crippen molar-refractivity contribution in [3.05, 3.63) is 40.4 Å². The fourth-order valence-electron chi connectivity index (χ4n) is 2.44. The van der Waals surface area contributed by atoms with Crippen molar-refractivity contribution >= 4 is 41.3 Å². The Morgan fingerprint density at radius 1 is 1.36 bits per heavy atom. The molecule has 1 atom stereocenters. The van der Waals surface area contributed by atoms with Crippen molar-refractivity contribution in [2.75, 3.05) is 26.9 Å². The summed E-state index contributed by atoms with van der Waals surface area (Å²) in [5, 5.41) is 18.9. The van der Waals surface area contributed by atoms with Gasteiger partial charge in [-0.05, 0) is 17.7 Å². The average Bonchev–Trinajstić information content (AvgIpc) is 2.67.